The quantitative estimate of drug-likeness (QED) is 0.548. The summed E-state index contributed by atoms with van der Waals surface area (Å²) in [6.45, 7) is 12.3. The van der Waals surface area contributed by atoms with E-state index in [4.69, 9.17) is 9.47 Å². The molecule has 1 unspecified atom stereocenters. The maximum atomic E-state index is 11.5. The fraction of sp³-hybridized carbons (Fsp3) is 0.688. The largest absolute Gasteiger partial charge is 0.481 e. The molecule has 0 saturated carbocycles. The SMILES string of the molecule is C=CCC[C@@H](C)O[C@@H](C)C(/C=N/C(=O)OC(C)(C)C)C(=O)O. The molecule has 22 heavy (non-hydrogen) atoms. The number of carbonyl (C=O) groups excluding carboxylic acids is 1. The van der Waals surface area contributed by atoms with Gasteiger partial charge < -0.3 is 14.6 Å². The van der Waals surface area contributed by atoms with Gasteiger partial charge in [0.15, 0.2) is 0 Å². The van der Waals surface area contributed by atoms with Crippen molar-refractivity contribution >= 4 is 18.3 Å². The minimum absolute atomic E-state index is 0.107. The lowest BCUT2D eigenvalue weighted by Gasteiger charge is -2.22. The molecule has 0 aliphatic rings. The van der Waals surface area contributed by atoms with Gasteiger partial charge in [0.05, 0.1) is 12.2 Å². The predicted molar refractivity (Wildman–Crippen MR) is 85.3 cm³/mol. The highest BCUT2D eigenvalue weighted by atomic mass is 16.6. The van der Waals surface area contributed by atoms with Crippen LogP contribution in [0.3, 0.4) is 0 Å². The summed E-state index contributed by atoms with van der Waals surface area (Å²) in [5, 5.41) is 9.24. The fourth-order valence-corrected chi connectivity index (χ4v) is 1.69. The van der Waals surface area contributed by atoms with Crippen molar-refractivity contribution in [1.29, 1.82) is 0 Å². The third-order valence-corrected chi connectivity index (χ3v) is 2.75. The summed E-state index contributed by atoms with van der Waals surface area (Å²) >= 11 is 0. The molecule has 1 amide bonds. The summed E-state index contributed by atoms with van der Waals surface area (Å²) < 4.78 is 10.6. The number of hydrogen-bond acceptors (Lipinski definition) is 4. The first kappa shape index (κ1) is 20.3. The van der Waals surface area contributed by atoms with Crippen LogP contribution in [0.15, 0.2) is 17.6 Å². The number of allylic oxidation sites excluding steroid dienone is 1. The number of carboxylic acids is 1. The molecule has 0 heterocycles. The third kappa shape index (κ3) is 9.28. The Balaban J connectivity index is 4.68. The van der Waals surface area contributed by atoms with Gasteiger partial charge in [-0.3, -0.25) is 4.79 Å². The van der Waals surface area contributed by atoms with Gasteiger partial charge in [0, 0.05) is 6.21 Å². The monoisotopic (exact) mass is 313 g/mol. The number of carboxylic acid groups (broad SMARTS) is 1. The van der Waals surface area contributed by atoms with Crippen LogP contribution in [0.5, 0.6) is 0 Å². The summed E-state index contributed by atoms with van der Waals surface area (Å²) in [5.41, 5.74) is -0.672. The standard InChI is InChI=1S/C16H27NO5/c1-7-8-9-11(2)21-12(3)13(14(18)19)10-17-15(20)22-16(4,5)6/h7,10-13H,1,8-9H2,2-6H3,(H,18,19)/b17-10+/t11-,12+,13?/m1/s1. The third-order valence-electron chi connectivity index (χ3n) is 2.75. The first-order chi connectivity index (χ1) is 10.1. The number of aliphatic carboxylic acids is 1. The molecule has 126 valence electrons. The number of nitrogens with zero attached hydrogens (tertiary/aromatic N) is 1. The molecule has 0 spiro atoms. The lowest BCUT2D eigenvalue weighted by atomic mass is 10.1. The van der Waals surface area contributed by atoms with Crippen molar-refractivity contribution in [1.82, 2.24) is 0 Å². The fourth-order valence-electron chi connectivity index (χ4n) is 1.69. The van der Waals surface area contributed by atoms with Gasteiger partial charge in [0.2, 0.25) is 0 Å². The zero-order valence-corrected chi connectivity index (χ0v) is 14.0. The number of ether oxygens (including phenoxy) is 2. The van der Waals surface area contributed by atoms with Crippen molar-refractivity contribution in [3.63, 3.8) is 0 Å². The van der Waals surface area contributed by atoms with E-state index in [0.717, 1.165) is 19.1 Å². The molecular formula is C16H27NO5. The molecule has 6 heteroatoms. The Morgan fingerprint density at radius 2 is 1.91 bits per heavy atom. The van der Waals surface area contributed by atoms with Gasteiger partial charge in [-0.15, -0.1) is 6.58 Å². The molecule has 0 saturated heterocycles. The first-order valence-electron chi connectivity index (χ1n) is 7.33. The van der Waals surface area contributed by atoms with Gasteiger partial charge >= 0.3 is 12.1 Å². The van der Waals surface area contributed by atoms with Crippen LogP contribution in [0.25, 0.3) is 0 Å². The van der Waals surface area contributed by atoms with Gasteiger partial charge in [-0.2, -0.15) is 4.99 Å². The average Bonchev–Trinajstić information content (AvgIpc) is 2.33. The Hall–Kier alpha value is -1.69. The zero-order valence-electron chi connectivity index (χ0n) is 14.0. The molecule has 6 nitrogen and oxygen atoms in total. The van der Waals surface area contributed by atoms with E-state index in [2.05, 4.69) is 11.6 Å². The Morgan fingerprint density at radius 1 is 1.32 bits per heavy atom. The van der Waals surface area contributed by atoms with E-state index >= 15 is 0 Å². The van der Waals surface area contributed by atoms with Crippen LogP contribution in [-0.4, -0.2) is 41.2 Å². The van der Waals surface area contributed by atoms with Gasteiger partial charge in [0.25, 0.3) is 0 Å². The van der Waals surface area contributed by atoms with E-state index in [-0.39, 0.29) is 6.10 Å². The lowest BCUT2D eigenvalue weighted by molar-refractivity contribution is -0.144. The van der Waals surface area contributed by atoms with E-state index < -0.39 is 29.7 Å². The highest BCUT2D eigenvalue weighted by Gasteiger charge is 2.26. The van der Waals surface area contributed by atoms with E-state index in [0.29, 0.717) is 0 Å². The zero-order chi connectivity index (χ0) is 17.3. The highest BCUT2D eigenvalue weighted by molar-refractivity contribution is 5.93. The molecule has 1 N–H and O–H groups in total. The topological polar surface area (TPSA) is 85.2 Å². The van der Waals surface area contributed by atoms with Crippen LogP contribution in [0.4, 0.5) is 4.79 Å². The summed E-state index contributed by atoms with van der Waals surface area (Å²) in [4.78, 5) is 26.4. The molecular weight excluding hydrogens is 286 g/mol. The Labute approximate surface area is 132 Å². The second-order valence-electron chi connectivity index (χ2n) is 6.14. The molecule has 0 aromatic heterocycles. The number of carbonyl (C=O) groups is 2. The summed E-state index contributed by atoms with van der Waals surface area (Å²) in [7, 11) is 0. The van der Waals surface area contributed by atoms with Crippen molar-refractivity contribution in [2.75, 3.05) is 0 Å². The maximum absolute atomic E-state index is 11.5. The summed E-state index contributed by atoms with van der Waals surface area (Å²) in [6, 6.07) is 0. The van der Waals surface area contributed by atoms with E-state index in [1.54, 1.807) is 33.8 Å². The molecule has 0 fully saturated rings. The molecule has 0 bridgehead atoms. The summed E-state index contributed by atoms with van der Waals surface area (Å²) in [6.07, 6.45) is 2.87. The van der Waals surface area contributed by atoms with Gasteiger partial charge in [-0.25, -0.2) is 4.79 Å². The minimum atomic E-state index is -1.10. The average molecular weight is 313 g/mol. The minimum Gasteiger partial charge on any atom is -0.481 e. The molecule has 0 aromatic rings. The van der Waals surface area contributed by atoms with Crippen LogP contribution in [0.2, 0.25) is 0 Å². The Kier molecular flexibility index (Phi) is 8.63. The van der Waals surface area contributed by atoms with E-state index in [9.17, 15) is 14.7 Å². The Bertz CT molecular complexity index is 411. The van der Waals surface area contributed by atoms with Crippen molar-refractivity contribution in [2.45, 2.75) is 65.3 Å². The van der Waals surface area contributed by atoms with Crippen molar-refractivity contribution < 1.29 is 24.2 Å². The molecule has 0 aliphatic heterocycles. The van der Waals surface area contributed by atoms with Crippen molar-refractivity contribution in [3.8, 4) is 0 Å². The highest BCUT2D eigenvalue weighted by Crippen LogP contribution is 2.13. The maximum Gasteiger partial charge on any atom is 0.433 e. The smallest absolute Gasteiger partial charge is 0.433 e. The molecule has 0 aromatic carbocycles. The number of hydrogen-bond donors (Lipinski definition) is 1. The second-order valence-corrected chi connectivity index (χ2v) is 6.14. The second kappa shape index (κ2) is 9.35. The molecule has 0 rings (SSSR count). The van der Waals surface area contributed by atoms with Gasteiger partial charge in [-0.05, 0) is 47.5 Å². The van der Waals surface area contributed by atoms with Gasteiger partial charge in [-0.1, -0.05) is 6.08 Å². The van der Waals surface area contributed by atoms with Crippen LogP contribution in [0.1, 0.15) is 47.5 Å². The van der Waals surface area contributed by atoms with E-state index in [1.807, 2.05) is 6.92 Å². The van der Waals surface area contributed by atoms with Crippen LogP contribution >= 0.6 is 0 Å². The van der Waals surface area contributed by atoms with Crippen LogP contribution < -0.4 is 0 Å². The molecule has 0 aliphatic carbocycles. The number of aliphatic imine (C=N–C) groups is 1. The lowest BCUT2D eigenvalue weighted by Crippen LogP contribution is -2.32. The molecule has 3 atom stereocenters. The number of rotatable bonds is 8. The Morgan fingerprint density at radius 3 is 2.36 bits per heavy atom. The van der Waals surface area contributed by atoms with Crippen LogP contribution in [0, 0.1) is 5.92 Å². The number of amides is 1. The summed E-state index contributed by atoms with van der Waals surface area (Å²) in [5.74, 6) is -2.12. The first-order valence-corrected chi connectivity index (χ1v) is 7.33. The normalized spacial score (nSPS) is 16.0. The van der Waals surface area contributed by atoms with Gasteiger partial charge in [0.1, 0.15) is 11.5 Å². The van der Waals surface area contributed by atoms with Crippen LogP contribution in [-0.2, 0) is 14.3 Å². The van der Waals surface area contributed by atoms with E-state index in [1.165, 1.54) is 0 Å². The van der Waals surface area contributed by atoms with Crippen molar-refractivity contribution in [3.05, 3.63) is 12.7 Å². The molecule has 0 radical (unpaired) electrons. The van der Waals surface area contributed by atoms with Crippen molar-refractivity contribution in [2.24, 2.45) is 10.9 Å². The predicted octanol–water partition coefficient (Wildman–Crippen LogP) is 3.45.